The van der Waals surface area contributed by atoms with Crippen molar-refractivity contribution in [2.24, 2.45) is 0 Å². The number of sulfonamides is 1. The third-order valence-electron chi connectivity index (χ3n) is 4.81. The molecule has 0 radical (unpaired) electrons. The van der Waals surface area contributed by atoms with Gasteiger partial charge in [0.05, 0.1) is 7.11 Å². The van der Waals surface area contributed by atoms with Crippen LogP contribution in [0.5, 0.6) is 5.75 Å². The first-order valence-electron chi connectivity index (χ1n) is 8.66. The Morgan fingerprint density at radius 1 is 1.11 bits per heavy atom. The third kappa shape index (κ3) is 3.20. The second-order valence-corrected chi connectivity index (χ2v) is 8.32. The second kappa shape index (κ2) is 6.95. The Bertz CT molecular complexity index is 1090. The van der Waals surface area contributed by atoms with Crippen molar-refractivity contribution in [3.8, 4) is 16.9 Å². The summed E-state index contributed by atoms with van der Waals surface area (Å²) < 4.78 is 46.3. The van der Waals surface area contributed by atoms with Crippen molar-refractivity contribution < 1.29 is 17.5 Å². The lowest BCUT2D eigenvalue weighted by Crippen LogP contribution is -2.46. The van der Waals surface area contributed by atoms with Crippen molar-refractivity contribution in [3.63, 3.8) is 0 Å². The molecule has 8 heteroatoms. The first kappa shape index (κ1) is 18.0. The number of hydrogen-bond acceptors (Lipinski definition) is 4. The van der Waals surface area contributed by atoms with E-state index in [-0.39, 0.29) is 10.7 Å². The predicted octanol–water partition coefficient (Wildman–Crippen LogP) is 2.58. The van der Waals surface area contributed by atoms with Crippen LogP contribution in [0.3, 0.4) is 0 Å². The molecule has 1 fully saturated rings. The lowest BCUT2D eigenvalue weighted by atomic mass is 10.0. The van der Waals surface area contributed by atoms with E-state index in [2.05, 4.69) is 10.3 Å². The quantitative estimate of drug-likeness (QED) is 0.719. The van der Waals surface area contributed by atoms with Gasteiger partial charge in [-0.15, -0.1) is 0 Å². The second-order valence-electron chi connectivity index (χ2n) is 6.41. The van der Waals surface area contributed by atoms with E-state index >= 15 is 0 Å². The number of halogens is 1. The fourth-order valence-electron chi connectivity index (χ4n) is 3.41. The van der Waals surface area contributed by atoms with Crippen LogP contribution in [0, 0.1) is 5.82 Å². The summed E-state index contributed by atoms with van der Waals surface area (Å²) in [6.07, 6.45) is 1.78. The molecule has 1 aliphatic heterocycles. The van der Waals surface area contributed by atoms with Gasteiger partial charge >= 0.3 is 0 Å². The van der Waals surface area contributed by atoms with Crippen molar-refractivity contribution in [2.75, 3.05) is 33.3 Å². The van der Waals surface area contributed by atoms with Crippen LogP contribution in [0.2, 0.25) is 0 Å². The van der Waals surface area contributed by atoms with E-state index in [1.807, 2.05) is 0 Å². The SMILES string of the molecule is COc1cc(-c2c[nH]c3cc(F)ccc23)ccc1S(=O)(=O)N1CCNCC1. The molecule has 1 aliphatic rings. The molecular formula is C19H20FN3O3S. The minimum Gasteiger partial charge on any atom is -0.495 e. The van der Waals surface area contributed by atoms with Crippen molar-refractivity contribution in [3.05, 3.63) is 48.4 Å². The zero-order valence-corrected chi connectivity index (χ0v) is 15.6. The molecule has 2 heterocycles. The maximum absolute atomic E-state index is 13.4. The van der Waals surface area contributed by atoms with Crippen molar-refractivity contribution in [1.29, 1.82) is 0 Å². The summed E-state index contributed by atoms with van der Waals surface area (Å²) in [5, 5.41) is 4.01. The fourth-order valence-corrected chi connectivity index (χ4v) is 4.99. The molecule has 4 rings (SSSR count). The van der Waals surface area contributed by atoms with Crippen molar-refractivity contribution in [1.82, 2.24) is 14.6 Å². The highest BCUT2D eigenvalue weighted by Crippen LogP contribution is 2.35. The van der Waals surface area contributed by atoms with Crippen LogP contribution >= 0.6 is 0 Å². The average Bonchev–Trinajstić information content (AvgIpc) is 3.11. The molecular weight excluding hydrogens is 369 g/mol. The number of fused-ring (bicyclic) bond motifs is 1. The number of ether oxygens (including phenoxy) is 1. The van der Waals surface area contributed by atoms with Gasteiger partial charge in [0, 0.05) is 48.8 Å². The number of H-pyrrole nitrogens is 1. The highest BCUT2D eigenvalue weighted by atomic mass is 32.2. The molecule has 3 aromatic rings. The Labute approximate surface area is 157 Å². The summed E-state index contributed by atoms with van der Waals surface area (Å²) in [6, 6.07) is 9.58. The van der Waals surface area contributed by atoms with Gasteiger partial charge in [0.15, 0.2) is 0 Å². The molecule has 2 N–H and O–H groups in total. The van der Waals surface area contributed by atoms with Crippen molar-refractivity contribution in [2.45, 2.75) is 4.90 Å². The smallest absolute Gasteiger partial charge is 0.246 e. The van der Waals surface area contributed by atoms with Gasteiger partial charge in [0.25, 0.3) is 0 Å². The molecule has 0 bridgehead atoms. The molecule has 0 spiro atoms. The van der Waals surface area contributed by atoms with Crippen LogP contribution in [-0.4, -0.2) is 51.0 Å². The average molecular weight is 389 g/mol. The van der Waals surface area contributed by atoms with Gasteiger partial charge in [-0.25, -0.2) is 12.8 Å². The Kier molecular flexibility index (Phi) is 4.63. The maximum atomic E-state index is 13.4. The Morgan fingerprint density at radius 2 is 1.89 bits per heavy atom. The fraction of sp³-hybridized carbons (Fsp3) is 0.263. The molecule has 2 aromatic carbocycles. The van der Waals surface area contributed by atoms with Gasteiger partial charge in [-0.05, 0) is 35.9 Å². The summed E-state index contributed by atoms with van der Waals surface area (Å²) in [5.41, 5.74) is 2.33. The van der Waals surface area contributed by atoms with Gasteiger partial charge in [-0.2, -0.15) is 4.31 Å². The van der Waals surface area contributed by atoms with Crippen LogP contribution in [0.15, 0.2) is 47.5 Å². The van der Waals surface area contributed by atoms with E-state index < -0.39 is 10.0 Å². The van der Waals surface area contributed by atoms with E-state index in [1.165, 1.54) is 23.5 Å². The van der Waals surface area contributed by atoms with Crippen LogP contribution in [0.1, 0.15) is 0 Å². The van der Waals surface area contributed by atoms with Crippen molar-refractivity contribution >= 4 is 20.9 Å². The minimum atomic E-state index is -3.63. The summed E-state index contributed by atoms with van der Waals surface area (Å²) in [5.74, 6) is -0.0200. The van der Waals surface area contributed by atoms with E-state index in [0.29, 0.717) is 37.4 Å². The van der Waals surface area contributed by atoms with Gasteiger partial charge in [0.2, 0.25) is 10.0 Å². The predicted molar refractivity (Wildman–Crippen MR) is 102 cm³/mol. The highest BCUT2D eigenvalue weighted by Gasteiger charge is 2.29. The van der Waals surface area contributed by atoms with E-state index in [9.17, 15) is 12.8 Å². The maximum Gasteiger partial charge on any atom is 0.246 e. The van der Waals surface area contributed by atoms with E-state index in [0.717, 1.165) is 16.5 Å². The Hall–Kier alpha value is -2.42. The number of aromatic amines is 1. The van der Waals surface area contributed by atoms with Gasteiger partial charge in [-0.3, -0.25) is 0 Å². The highest BCUT2D eigenvalue weighted by molar-refractivity contribution is 7.89. The number of hydrogen-bond donors (Lipinski definition) is 2. The number of methoxy groups -OCH3 is 1. The Balaban J connectivity index is 1.77. The summed E-state index contributed by atoms with van der Waals surface area (Å²) >= 11 is 0. The molecule has 1 aromatic heterocycles. The van der Waals surface area contributed by atoms with Gasteiger partial charge in [0.1, 0.15) is 16.5 Å². The first-order chi connectivity index (χ1) is 13.0. The number of nitrogens with zero attached hydrogens (tertiary/aromatic N) is 1. The minimum absolute atomic E-state index is 0.154. The van der Waals surface area contributed by atoms with E-state index in [4.69, 9.17) is 4.74 Å². The standard InChI is InChI=1S/C19H20FN3O3S/c1-26-18-10-13(16-12-22-17-11-14(20)3-4-15(16)17)2-5-19(18)27(24,25)23-8-6-21-7-9-23/h2-5,10-12,21-22H,6-9H2,1H3. The lowest BCUT2D eigenvalue weighted by molar-refractivity contribution is 0.355. The topological polar surface area (TPSA) is 74.4 Å². The Morgan fingerprint density at radius 3 is 2.63 bits per heavy atom. The van der Waals surface area contributed by atoms with Gasteiger partial charge in [-0.1, -0.05) is 6.07 Å². The number of aromatic nitrogens is 1. The number of benzene rings is 2. The molecule has 0 aliphatic carbocycles. The molecule has 0 atom stereocenters. The monoisotopic (exact) mass is 389 g/mol. The third-order valence-corrected chi connectivity index (χ3v) is 6.75. The normalized spacial score (nSPS) is 15.9. The van der Waals surface area contributed by atoms with Crippen LogP contribution < -0.4 is 10.1 Å². The molecule has 0 amide bonds. The van der Waals surface area contributed by atoms with Gasteiger partial charge < -0.3 is 15.0 Å². The number of nitrogens with one attached hydrogen (secondary N) is 2. The zero-order valence-electron chi connectivity index (χ0n) is 14.8. The molecule has 0 saturated carbocycles. The molecule has 1 saturated heterocycles. The lowest BCUT2D eigenvalue weighted by Gasteiger charge is -2.27. The summed E-state index contributed by atoms with van der Waals surface area (Å²) in [6.45, 7) is 2.12. The summed E-state index contributed by atoms with van der Waals surface area (Å²) in [4.78, 5) is 3.20. The van der Waals surface area contributed by atoms with Crippen LogP contribution in [0.4, 0.5) is 4.39 Å². The first-order valence-corrected chi connectivity index (χ1v) is 10.1. The zero-order chi connectivity index (χ0) is 19.0. The van der Waals surface area contributed by atoms with E-state index in [1.54, 1.807) is 30.5 Å². The molecule has 0 unspecified atom stereocenters. The number of piperazine rings is 1. The molecule has 6 nitrogen and oxygen atoms in total. The van der Waals surface area contributed by atoms with Crippen LogP contribution in [-0.2, 0) is 10.0 Å². The molecule has 27 heavy (non-hydrogen) atoms. The summed E-state index contributed by atoms with van der Waals surface area (Å²) in [7, 11) is -2.17. The largest absolute Gasteiger partial charge is 0.495 e. The molecule has 142 valence electrons. The number of rotatable bonds is 4. The van der Waals surface area contributed by atoms with Crippen LogP contribution in [0.25, 0.3) is 22.0 Å².